The van der Waals surface area contributed by atoms with E-state index in [0.717, 1.165) is 25.0 Å². The molecule has 1 fully saturated rings. The number of hydrogen-bond acceptors (Lipinski definition) is 3. The SMILES string of the molecule is CCC(CSC)N(C)C(C(=O)O)C1CC1. The monoisotopic (exact) mass is 231 g/mol. The van der Waals surface area contributed by atoms with E-state index >= 15 is 0 Å². The molecule has 0 radical (unpaired) electrons. The van der Waals surface area contributed by atoms with Crippen LogP contribution in [-0.2, 0) is 4.79 Å². The van der Waals surface area contributed by atoms with Gasteiger partial charge in [0, 0.05) is 11.8 Å². The fraction of sp³-hybridized carbons (Fsp3) is 0.909. The number of likely N-dealkylation sites (N-methyl/N-ethyl adjacent to an activating group) is 1. The predicted molar refractivity (Wildman–Crippen MR) is 64.4 cm³/mol. The lowest BCUT2D eigenvalue weighted by Crippen LogP contribution is -2.47. The summed E-state index contributed by atoms with van der Waals surface area (Å²) in [6.07, 6.45) is 5.26. The van der Waals surface area contributed by atoms with E-state index in [-0.39, 0.29) is 6.04 Å². The number of carboxylic acid groups (broad SMARTS) is 1. The van der Waals surface area contributed by atoms with E-state index in [1.54, 1.807) is 11.8 Å². The molecule has 88 valence electrons. The summed E-state index contributed by atoms with van der Waals surface area (Å²) < 4.78 is 0. The molecule has 4 heteroatoms. The Morgan fingerprint density at radius 2 is 2.20 bits per heavy atom. The number of hydrogen-bond donors (Lipinski definition) is 1. The average molecular weight is 231 g/mol. The van der Waals surface area contributed by atoms with Gasteiger partial charge in [0.15, 0.2) is 0 Å². The number of carbonyl (C=O) groups is 1. The first kappa shape index (κ1) is 12.8. The molecule has 1 saturated carbocycles. The average Bonchev–Trinajstić information content (AvgIpc) is 2.97. The van der Waals surface area contributed by atoms with Gasteiger partial charge in [-0.25, -0.2) is 0 Å². The molecule has 3 nitrogen and oxygen atoms in total. The maximum absolute atomic E-state index is 11.2. The van der Waals surface area contributed by atoms with E-state index < -0.39 is 5.97 Å². The molecule has 0 heterocycles. The van der Waals surface area contributed by atoms with Gasteiger partial charge in [0.1, 0.15) is 6.04 Å². The van der Waals surface area contributed by atoms with Gasteiger partial charge in [-0.05, 0) is 38.5 Å². The van der Waals surface area contributed by atoms with Gasteiger partial charge >= 0.3 is 5.97 Å². The summed E-state index contributed by atoms with van der Waals surface area (Å²) in [7, 11) is 1.96. The lowest BCUT2D eigenvalue weighted by atomic mass is 10.1. The Labute approximate surface area is 96.2 Å². The standard InChI is InChI=1S/C11H21NO2S/c1-4-9(7-15-3)12(2)10(11(13)14)8-5-6-8/h8-10H,4-7H2,1-3H3,(H,13,14). The van der Waals surface area contributed by atoms with Crippen LogP contribution in [0.3, 0.4) is 0 Å². The molecule has 1 aliphatic rings. The summed E-state index contributed by atoms with van der Waals surface area (Å²) in [5, 5.41) is 9.22. The van der Waals surface area contributed by atoms with Gasteiger partial charge in [-0.15, -0.1) is 0 Å². The molecule has 1 N–H and O–H groups in total. The lowest BCUT2D eigenvalue weighted by molar-refractivity contribution is -0.144. The number of nitrogens with zero attached hydrogens (tertiary/aromatic N) is 1. The number of aliphatic carboxylic acids is 1. The molecular weight excluding hydrogens is 210 g/mol. The minimum atomic E-state index is -0.653. The molecule has 0 aromatic carbocycles. The van der Waals surface area contributed by atoms with Crippen LogP contribution in [0.25, 0.3) is 0 Å². The highest BCUT2D eigenvalue weighted by Gasteiger charge is 2.40. The maximum Gasteiger partial charge on any atom is 0.321 e. The number of rotatable bonds is 7. The highest BCUT2D eigenvalue weighted by atomic mass is 32.2. The molecule has 0 saturated heterocycles. The summed E-state index contributed by atoms with van der Waals surface area (Å²) in [5.41, 5.74) is 0. The van der Waals surface area contributed by atoms with E-state index in [1.165, 1.54) is 0 Å². The van der Waals surface area contributed by atoms with E-state index in [2.05, 4.69) is 18.1 Å². The summed E-state index contributed by atoms with van der Waals surface area (Å²) in [6.45, 7) is 2.13. The van der Waals surface area contributed by atoms with Gasteiger partial charge in [-0.2, -0.15) is 11.8 Å². The van der Waals surface area contributed by atoms with Crippen molar-refractivity contribution in [3.05, 3.63) is 0 Å². The highest BCUT2D eigenvalue weighted by Crippen LogP contribution is 2.36. The van der Waals surface area contributed by atoms with Gasteiger partial charge in [0.25, 0.3) is 0 Å². The Hall–Kier alpha value is -0.220. The van der Waals surface area contributed by atoms with Crippen molar-refractivity contribution < 1.29 is 9.90 Å². The van der Waals surface area contributed by atoms with Crippen molar-refractivity contribution >= 4 is 17.7 Å². The summed E-state index contributed by atoms with van der Waals surface area (Å²) >= 11 is 1.79. The van der Waals surface area contributed by atoms with E-state index in [0.29, 0.717) is 12.0 Å². The molecular formula is C11H21NO2S. The summed E-state index contributed by atoms with van der Waals surface area (Å²) in [4.78, 5) is 13.3. The van der Waals surface area contributed by atoms with Gasteiger partial charge < -0.3 is 5.11 Å². The van der Waals surface area contributed by atoms with Crippen LogP contribution in [-0.4, -0.2) is 47.1 Å². The molecule has 0 amide bonds. The van der Waals surface area contributed by atoms with Gasteiger partial charge in [-0.1, -0.05) is 6.92 Å². The van der Waals surface area contributed by atoms with Gasteiger partial charge in [0.2, 0.25) is 0 Å². The largest absolute Gasteiger partial charge is 0.480 e. The third-order valence-electron chi connectivity index (χ3n) is 3.17. The molecule has 2 atom stereocenters. The van der Waals surface area contributed by atoms with Crippen molar-refractivity contribution in [1.82, 2.24) is 4.90 Å². The molecule has 1 aliphatic carbocycles. The van der Waals surface area contributed by atoms with Crippen LogP contribution in [0.5, 0.6) is 0 Å². The molecule has 0 aliphatic heterocycles. The Kier molecular flexibility index (Phi) is 4.93. The van der Waals surface area contributed by atoms with Crippen molar-refractivity contribution in [1.29, 1.82) is 0 Å². The van der Waals surface area contributed by atoms with Crippen molar-refractivity contribution in [2.75, 3.05) is 19.1 Å². The zero-order chi connectivity index (χ0) is 11.4. The minimum absolute atomic E-state index is 0.262. The van der Waals surface area contributed by atoms with Crippen molar-refractivity contribution in [3.63, 3.8) is 0 Å². The topological polar surface area (TPSA) is 40.5 Å². The number of thioether (sulfide) groups is 1. The van der Waals surface area contributed by atoms with Crippen molar-refractivity contribution in [3.8, 4) is 0 Å². The predicted octanol–water partition coefficient (Wildman–Crippen LogP) is 1.92. The molecule has 0 aromatic heterocycles. The first-order chi connectivity index (χ1) is 7.11. The molecule has 15 heavy (non-hydrogen) atoms. The molecule has 0 aromatic rings. The normalized spacial score (nSPS) is 20.3. The highest BCUT2D eigenvalue weighted by molar-refractivity contribution is 7.98. The Balaban J connectivity index is 2.60. The fourth-order valence-electron chi connectivity index (χ4n) is 2.06. The smallest absolute Gasteiger partial charge is 0.321 e. The number of carboxylic acids is 1. The zero-order valence-electron chi connectivity index (χ0n) is 9.77. The maximum atomic E-state index is 11.2. The van der Waals surface area contributed by atoms with Gasteiger partial charge in [0.05, 0.1) is 0 Å². The second-order valence-corrected chi connectivity index (χ2v) is 5.21. The first-order valence-electron chi connectivity index (χ1n) is 5.55. The quantitative estimate of drug-likeness (QED) is 0.727. The Morgan fingerprint density at radius 3 is 2.53 bits per heavy atom. The molecule has 0 bridgehead atoms. The third-order valence-corrected chi connectivity index (χ3v) is 3.88. The van der Waals surface area contributed by atoms with Crippen LogP contribution in [0, 0.1) is 5.92 Å². The van der Waals surface area contributed by atoms with E-state index in [4.69, 9.17) is 0 Å². The van der Waals surface area contributed by atoms with Crippen LogP contribution in [0.15, 0.2) is 0 Å². The first-order valence-corrected chi connectivity index (χ1v) is 6.94. The summed E-state index contributed by atoms with van der Waals surface area (Å²) in [5.74, 6) is 0.756. The Bertz CT molecular complexity index is 219. The fourth-order valence-corrected chi connectivity index (χ4v) is 2.92. The van der Waals surface area contributed by atoms with E-state index in [1.807, 2.05) is 7.05 Å². The summed E-state index contributed by atoms with van der Waals surface area (Å²) in [6, 6.07) is 0.129. The second kappa shape index (κ2) is 5.75. The van der Waals surface area contributed by atoms with Crippen molar-refractivity contribution in [2.24, 2.45) is 5.92 Å². The van der Waals surface area contributed by atoms with Crippen LogP contribution < -0.4 is 0 Å². The molecule has 0 spiro atoms. The van der Waals surface area contributed by atoms with E-state index in [9.17, 15) is 9.90 Å². The van der Waals surface area contributed by atoms with Crippen molar-refractivity contribution in [2.45, 2.75) is 38.3 Å². The van der Waals surface area contributed by atoms with Gasteiger partial charge in [-0.3, -0.25) is 9.69 Å². The zero-order valence-corrected chi connectivity index (χ0v) is 10.6. The third kappa shape index (κ3) is 3.38. The van der Waals surface area contributed by atoms with Crippen LogP contribution in [0.4, 0.5) is 0 Å². The second-order valence-electron chi connectivity index (χ2n) is 4.30. The van der Waals surface area contributed by atoms with Crippen LogP contribution in [0.2, 0.25) is 0 Å². The van der Waals surface area contributed by atoms with Crippen LogP contribution in [0.1, 0.15) is 26.2 Å². The Morgan fingerprint density at radius 1 is 1.60 bits per heavy atom. The minimum Gasteiger partial charge on any atom is -0.480 e. The lowest BCUT2D eigenvalue weighted by Gasteiger charge is -2.32. The molecule has 1 rings (SSSR count). The van der Waals surface area contributed by atoms with Crippen LogP contribution >= 0.6 is 11.8 Å². The molecule has 2 unspecified atom stereocenters.